The second kappa shape index (κ2) is 10.6. The number of aryl methyl sites for hydroxylation is 1. The first-order valence-electron chi connectivity index (χ1n) is 12.0. The van der Waals surface area contributed by atoms with Crippen molar-refractivity contribution in [3.63, 3.8) is 0 Å². The number of hydrogen-bond acceptors (Lipinski definition) is 4. The number of hydrogen-bond donors (Lipinski definition) is 1. The number of anilines is 1. The second-order valence-electron chi connectivity index (χ2n) is 9.90. The van der Waals surface area contributed by atoms with Crippen LogP contribution in [0.25, 0.3) is 5.69 Å². The lowest BCUT2D eigenvalue weighted by Crippen LogP contribution is -2.38. The first kappa shape index (κ1) is 25.0. The first-order chi connectivity index (χ1) is 17.2. The minimum absolute atomic E-state index is 0.115. The Morgan fingerprint density at radius 3 is 2.39 bits per heavy atom. The molecular formula is C29H32N4O3. The quantitative estimate of drug-likeness (QED) is 0.369. The predicted octanol–water partition coefficient (Wildman–Crippen LogP) is 5.28. The molecule has 0 aliphatic rings. The van der Waals surface area contributed by atoms with Crippen LogP contribution in [0, 0.1) is 6.92 Å². The van der Waals surface area contributed by atoms with Crippen LogP contribution in [0.5, 0.6) is 0 Å². The molecule has 0 bridgehead atoms. The molecule has 4 aromatic rings. The molecule has 1 N–H and O–H groups in total. The molecule has 0 aliphatic carbocycles. The summed E-state index contributed by atoms with van der Waals surface area (Å²) in [6.07, 6.45) is 1.76. The van der Waals surface area contributed by atoms with Gasteiger partial charge < -0.3 is 14.6 Å². The van der Waals surface area contributed by atoms with Gasteiger partial charge >= 0.3 is 0 Å². The molecule has 0 radical (unpaired) electrons. The number of benzene rings is 2. The van der Waals surface area contributed by atoms with Gasteiger partial charge in [-0.3, -0.25) is 9.59 Å². The van der Waals surface area contributed by atoms with Crippen LogP contribution in [0.1, 0.15) is 43.4 Å². The maximum atomic E-state index is 13.3. The van der Waals surface area contributed by atoms with Crippen LogP contribution < -0.4 is 5.32 Å². The minimum atomic E-state index is -0.307. The van der Waals surface area contributed by atoms with Crippen molar-refractivity contribution in [2.45, 2.75) is 46.1 Å². The summed E-state index contributed by atoms with van der Waals surface area (Å²) < 4.78 is 7.22. The van der Waals surface area contributed by atoms with E-state index in [4.69, 9.17) is 9.52 Å². The number of aromatic nitrogens is 2. The Bertz CT molecular complexity index is 1320. The average Bonchev–Trinajstić information content (AvgIpc) is 3.50. The van der Waals surface area contributed by atoms with Gasteiger partial charge in [-0.05, 0) is 36.2 Å². The van der Waals surface area contributed by atoms with Gasteiger partial charge in [-0.1, -0.05) is 69.3 Å². The molecule has 7 heteroatoms. The molecular weight excluding hydrogens is 452 g/mol. The Balaban J connectivity index is 1.57. The minimum Gasteiger partial charge on any atom is -0.467 e. The number of nitrogens with one attached hydrogen (secondary N) is 1. The van der Waals surface area contributed by atoms with Crippen LogP contribution in [0.15, 0.2) is 83.5 Å². The average molecular weight is 485 g/mol. The molecule has 186 valence electrons. The Morgan fingerprint density at radius 2 is 1.72 bits per heavy atom. The van der Waals surface area contributed by atoms with E-state index >= 15 is 0 Å². The molecule has 4 rings (SSSR count). The van der Waals surface area contributed by atoms with Crippen molar-refractivity contribution in [1.29, 1.82) is 0 Å². The summed E-state index contributed by atoms with van der Waals surface area (Å²) in [5.74, 6) is 0.713. The van der Waals surface area contributed by atoms with Crippen molar-refractivity contribution in [3.05, 3.63) is 102 Å². The predicted molar refractivity (Wildman–Crippen MR) is 140 cm³/mol. The SMILES string of the molecule is Cc1ccccc1-n1nc(C(C)(C)C)cc1NC(=O)CN(Cc1ccco1)C(=O)Cc1ccccc1. The van der Waals surface area contributed by atoms with Gasteiger partial charge in [-0.2, -0.15) is 5.10 Å². The van der Waals surface area contributed by atoms with Gasteiger partial charge in [-0.25, -0.2) is 4.68 Å². The van der Waals surface area contributed by atoms with Crippen LogP contribution in [0.2, 0.25) is 0 Å². The fourth-order valence-corrected chi connectivity index (χ4v) is 3.88. The number of carbonyl (C=O) groups is 2. The van der Waals surface area contributed by atoms with E-state index in [1.54, 1.807) is 23.1 Å². The van der Waals surface area contributed by atoms with Crippen LogP contribution >= 0.6 is 0 Å². The van der Waals surface area contributed by atoms with Crippen molar-refractivity contribution in [1.82, 2.24) is 14.7 Å². The summed E-state index contributed by atoms with van der Waals surface area (Å²) >= 11 is 0. The Labute approximate surface area is 211 Å². The normalized spacial score (nSPS) is 11.3. The third-order valence-electron chi connectivity index (χ3n) is 5.90. The maximum Gasteiger partial charge on any atom is 0.245 e. The highest BCUT2D eigenvalue weighted by molar-refractivity contribution is 5.94. The zero-order chi connectivity index (χ0) is 25.7. The third kappa shape index (κ3) is 6.10. The van der Waals surface area contributed by atoms with Crippen molar-refractivity contribution < 1.29 is 14.0 Å². The van der Waals surface area contributed by atoms with E-state index in [0.29, 0.717) is 11.6 Å². The molecule has 2 heterocycles. The topological polar surface area (TPSA) is 80.4 Å². The third-order valence-corrected chi connectivity index (χ3v) is 5.90. The van der Waals surface area contributed by atoms with E-state index in [0.717, 1.165) is 22.5 Å². The highest BCUT2D eigenvalue weighted by Crippen LogP contribution is 2.27. The number of nitrogens with zero attached hydrogens (tertiary/aromatic N) is 3. The fraction of sp³-hybridized carbons (Fsp3) is 0.276. The van der Waals surface area contributed by atoms with Crippen molar-refractivity contribution >= 4 is 17.6 Å². The Hall–Kier alpha value is -4.13. The molecule has 2 amide bonds. The number of carbonyl (C=O) groups excluding carboxylic acids is 2. The lowest BCUT2D eigenvalue weighted by atomic mass is 9.92. The van der Waals surface area contributed by atoms with Crippen LogP contribution in [-0.2, 0) is 28.0 Å². The van der Waals surface area contributed by atoms with E-state index in [1.807, 2.05) is 67.6 Å². The van der Waals surface area contributed by atoms with Crippen molar-refractivity contribution in [2.24, 2.45) is 0 Å². The number of para-hydroxylation sites is 1. The summed E-state index contributed by atoms with van der Waals surface area (Å²) in [4.78, 5) is 28.0. The first-order valence-corrected chi connectivity index (χ1v) is 12.0. The van der Waals surface area contributed by atoms with E-state index < -0.39 is 0 Å². The zero-order valence-electron chi connectivity index (χ0n) is 21.2. The summed E-state index contributed by atoms with van der Waals surface area (Å²) in [7, 11) is 0. The van der Waals surface area contributed by atoms with Gasteiger partial charge in [0.2, 0.25) is 11.8 Å². The standard InChI is InChI=1S/C29H32N4O3/c1-21-11-8-9-15-24(21)33-26(18-25(31-33)29(2,3)4)30-27(34)20-32(19-23-14-10-16-36-23)28(35)17-22-12-6-5-7-13-22/h5-16,18H,17,19-20H2,1-4H3,(H,30,34). The molecule has 0 atom stereocenters. The summed E-state index contributed by atoms with van der Waals surface area (Å²) in [5, 5.41) is 7.80. The van der Waals surface area contributed by atoms with E-state index in [9.17, 15) is 9.59 Å². The Morgan fingerprint density at radius 1 is 1.00 bits per heavy atom. The maximum absolute atomic E-state index is 13.3. The van der Waals surface area contributed by atoms with Crippen LogP contribution in [-0.4, -0.2) is 33.0 Å². The van der Waals surface area contributed by atoms with E-state index in [2.05, 4.69) is 26.1 Å². The van der Waals surface area contributed by atoms with Crippen molar-refractivity contribution in [3.8, 4) is 5.69 Å². The lowest BCUT2D eigenvalue weighted by molar-refractivity contribution is -0.135. The van der Waals surface area contributed by atoms with Gasteiger partial charge in [0.1, 0.15) is 18.1 Å². The van der Waals surface area contributed by atoms with Gasteiger partial charge in [0, 0.05) is 11.5 Å². The molecule has 36 heavy (non-hydrogen) atoms. The molecule has 0 saturated heterocycles. The summed E-state index contributed by atoms with van der Waals surface area (Å²) in [6, 6.07) is 22.8. The summed E-state index contributed by atoms with van der Waals surface area (Å²) in [5.41, 5.74) is 3.46. The van der Waals surface area contributed by atoms with Gasteiger partial charge in [0.05, 0.1) is 30.6 Å². The molecule has 0 unspecified atom stereocenters. The molecule has 2 aromatic heterocycles. The number of furan rings is 1. The molecule has 0 aliphatic heterocycles. The molecule has 0 spiro atoms. The van der Waals surface area contributed by atoms with E-state index in [1.165, 1.54) is 4.90 Å². The van der Waals surface area contributed by atoms with Gasteiger partial charge in [0.15, 0.2) is 0 Å². The second-order valence-corrected chi connectivity index (χ2v) is 9.90. The highest BCUT2D eigenvalue weighted by atomic mass is 16.3. The summed E-state index contributed by atoms with van der Waals surface area (Å²) in [6.45, 7) is 8.34. The van der Waals surface area contributed by atoms with Gasteiger partial charge in [0.25, 0.3) is 0 Å². The van der Waals surface area contributed by atoms with Crippen molar-refractivity contribution in [2.75, 3.05) is 11.9 Å². The highest BCUT2D eigenvalue weighted by Gasteiger charge is 2.24. The van der Waals surface area contributed by atoms with E-state index in [-0.39, 0.29) is 36.7 Å². The zero-order valence-corrected chi connectivity index (χ0v) is 21.2. The van der Waals surface area contributed by atoms with Crippen LogP contribution in [0.3, 0.4) is 0 Å². The molecule has 0 saturated carbocycles. The smallest absolute Gasteiger partial charge is 0.245 e. The largest absolute Gasteiger partial charge is 0.467 e. The number of rotatable bonds is 8. The number of amides is 2. The fourth-order valence-electron chi connectivity index (χ4n) is 3.88. The molecule has 7 nitrogen and oxygen atoms in total. The molecule has 0 fully saturated rings. The molecule has 2 aromatic carbocycles. The van der Waals surface area contributed by atoms with Gasteiger partial charge in [-0.15, -0.1) is 0 Å². The Kier molecular flexibility index (Phi) is 7.38. The lowest BCUT2D eigenvalue weighted by Gasteiger charge is -2.21. The monoisotopic (exact) mass is 484 g/mol. The van der Waals surface area contributed by atoms with Crippen LogP contribution in [0.4, 0.5) is 5.82 Å².